The van der Waals surface area contributed by atoms with Gasteiger partial charge >= 0.3 is 0 Å². The summed E-state index contributed by atoms with van der Waals surface area (Å²) in [6.45, 7) is 3.86. The molecular weight excluding hydrogens is 386 g/mol. The maximum absolute atomic E-state index is 12.5. The number of benzene rings is 2. The number of para-hydroxylation sites is 1. The molecule has 158 valence electrons. The SMILES string of the molecule is COc1ccccc1C(=O)NCC(=O)N1CCN(Cc2ccc3c(c2)OCO3)CC1. The zero-order chi connectivity index (χ0) is 20.9. The minimum atomic E-state index is -0.317. The summed E-state index contributed by atoms with van der Waals surface area (Å²) in [4.78, 5) is 29.0. The first kappa shape index (κ1) is 20.0. The molecule has 2 aliphatic heterocycles. The maximum Gasteiger partial charge on any atom is 0.255 e. The van der Waals surface area contributed by atoms with Crippen molar-refractivity contribution in [2.75, 3.05) is 46.6 Å². The molecule has 0 atom stereocenters. The molecule has 0 saturated carbocycles. The number of carbonyl (C=O) groups excluding carboxylic acids is 2. The molecule has 1 N–H and O–H groups in total. The number of piperazine rings is 1. The normalized spacial score (nSPS) is 15.7. The number of hydrogen-bond donors (Lipinski definition) is 1. The lowest BCUT2D eigenvalue weighted by atomic mass is 10.1. The van der Waals surface area contributed by atoms with Crippen molar-refractivity contribution in [1.29, 1.82) is 0 Å². The highest BCUT2D eigenvalue weighted by atomic mass is 16.7. The van der Waals surface area contributed by atoms with Gasteiger partial charge < -0.3 is 24.4 Å². The Morgan fingerprint density at radius 2 is 1.80 bits per heavy atom. The summed E-state index contributed by atoms with van der Waals surface area (Å²) in [6.07, 6.45) is 0. The molecule has 0 aromatic heterocycles. The largest absolute Gasteiger partial charge is 0.496 e. The second-order valence-electron chi connectivity index (χ2n) is 7.23. The number of ether oxygens (including phenoxy) is 3. The quantitative estimate of drug-likeness (QED) is 0.776. The average Bonchev–Trinajstić information content (AvgIpc) is 3.25. The molecule has 2 aliphatic rings. The molecule has 2 aromatic carbocycles. The van der Waals surface area contributed by atoms with Crippen molar-refractivity contribution < 1.29 is 23.8 Å². The molecule has 30 heavy (non-hydrogen) atoms. The summed E-state index contributed by atoms with van der Waals surface area (Å²) in [7, 11) is 1.51. The van der Waals surface area contributed by atoms with Crippen LogP contribution in [0.1, 0.15) is 15.9 Å². The van der Waals surface area contributed by atoms with Crippen molar-refractivity contribution in [2.45, 2.75) is 6.54 Å². The molecule has 0 aliphatic carbocycles. The van der Waals surface area contributed by atoms with Gasteiger partial charge in [0.1, 0.15) is 5.75 Å². The van der Waals surface area contributed by atoms with Crippen LogP contribution in [0.25, 0.3) is 0 Å². The van der Waals surface area contributed by atoms with E-state index in [-0.39, 0.29) is 25.2 Å². The van der Waals surface area contributed by atoms with Gasteiger partial charge in [-0.05, 0) is 29.8 Å². The van der Waals surface area contributed by atoms with E-state index in [2.05, 4.69) is 10.2 Å². The van der Waals surface area contributed by atoms with Crippen molar-refractivity contribution in [3.8, 4) is 17.2 Å². The minimum Gasteiger partial charge on any atom is -0.496 e. The van der Waals surface area contributed by atoms with Crippen LogP contribution in [0.5, 0.6) is 17.2 Å². The van der Waals surface area contributed by atoms with Crippen molar-refractivity contribution >= 4 is 11.8 Å². The van der Waals surface area contributed by atoms with E-state index in [1.807, 2.05) is 18.2 Å². The van der Waals surface area contributed by atoms with Crippen molar-refractivity contribution in [3.05, 3.63) is 53.6 Å². The van der Waals surface area contributed by atoms with Gasteiger partial charge in [0.05, 0.1) is 19.2 Å². The lowest BCUT2D eigenvalue weighted by Gasteiger charge is -2.34. The number of amides is 2. The minimum absolute atomic E-state index is 0.0287. The van der Waals surface area contributed by atoms with E-state index in [9.17, 15) is 9.59 Å². The smallest absolute Gasteiger partial charge is 0.255 e. The Balaban J connectivity index is 1.24. The van der Waals surface area contributed by atoms with Crippen LogP contribution in [0.3, 0.4) is 0 Å². The predicted octanol–water partition coefficient (Wildman–Crippen LogP) is 1.50. The van der Waals surface area contributed by atoms with Crippen LogP contribution >= 0.6 is 0 Å². The Morgan fingerprint density at radius 3 is 2.60 bits per heavy atom. The second kappa shape index (κ2) is 9.04. The third-order valence-electron chi connectivity index (χ3n) is 5.32. The number of methoxy groups -OCH3 is 1. The number of nitrogens with one attached hydrogen (secondary N) is 1. The van der Waals surface area contributed by atoms with Gasteiger partial charge in [0.15, 0.2) is 11.5 Å². The lowest BCUT2D eigenvalue weighted by molar-refractivity contribution is -0.131. The highest BCUT2D eigenvalue weighted by Crippen LogP contribution is 2.32. The van der Waals surface area contributed by atoms with E-state index in [4.69, 9.17) is 14.2 Å². The summed E-state index contributed by atoms with van der Waals surface area (Å²) < 4.78 is 16.0. The number of hydrogen-bond acceptors (Lipinski definition) is 6. The Kier molecular flexibility index (Phi) is 6.04. The van der Waals surface area contributed by atoms with Crippen LogP contribution < -0.4 is 19.5 Å². The Hall–Kier alpha value is -3.26. The van der Waals surface area contributed by atoms with Crippen LogP contribution in [0.4, 0.5) is 0 Å². The standard InChI is InChI=1S/C22H25N3O5/c1-28-18-5-3-2-4-17(18)22(27)23-13-21(26)25-10-8-24(9-11-25)14-16-6-7-19-20(12-16)30-15-29-19/h2-7,12H,8-11,13-15H2,1H3,(H,23,27). The molecule has 8 nitrogen and oxygen atoms in total. The van der Waals surface area contributed by atoms with E-state index >= 15 is 0 Å². The van der Waals surface area contributed by atoms with Gasteiger partial charge in [-0.2, -0.15) is 0 Å². The summed E-state index contributed by atoms with van der Waals surface area (Å²) in [5.74, 6) is 1.65. The molecule has 4 rings (SSSR count). The molecule has 0 bridgehead atoms. The number of nitrogens with zero attached hydrogens (tertiary/aromatic N) is 2. The van der Waals surface area contributed by atoms with Gasteiger partial charge in [-0.25, -0.2) is 0 Å². The summed E-state index contributed by atoms with van der Waals surface area (Å²) in [5, 5.41) is 2.70. The first-order valence-corrected chi connectivity index (χ1v) is 9.94. The van der Waals surface area contributed by atoms with Crippen molar-refractivity contribution in [3.63, 3.8) is 0 Å². The molecule has 1 saturated heterocycles. The Morgan fingerprint density at radius 1 is 1.03 bits per heavy atom. The number of fused-ring (bicyclic) bond motifs is 1. The van der Waals surface area contributed by atoms with Crippen LogP contribution in [-0.2, 0) is 11.3 Å². The Labute approximate surface area is 175 Å². The monoisotopic (exact) mass is 411 g/mol. The Bertz CT molecular complexity index is 925. The first-order valence-electron chi connectivity index (χ1n) is 9.94. The maximum atomic E-state index is 12.5. The summed E-state index contributed by atoms with van der Waals surface area (Å²) >= 11 is 0. The molecule has 0 spiro atoms. The average molecular weight is 411 g/mol. The van der Waals surface area contributed by atoms with E-state index in [0.29, 0.717) is 24.4 Å². The van der Waals surface area contributed by atoms with Crippen LogP contribution in [0.2, 0.25) is 0 Å². The fourth-order valence-corrected chi connectivity index (χ4v) is 3.65. The highest BCUT2D eigenvalue weighted by Gasteiger charge is 2.23. The number of carbonyl (C=O) groups is 2. The van der Waals surface area contributed by atoms with E-state index in [0.717, 1.165) is 36.7 Å². The van der Waals surface area contributed by atoms with Crippen molar-refractivity contribution in [2.24, 2.45) is 0 Å². The highest BCUT2D eigenvalue weighted by molar-refractivity contribution is 5.98. The van der Waals surface area contributed by atoms with E-state index in [1.165, 1.54) is 7.11 Å². The third-order valence-corrected chi connectivity index (χ3v) is 5.32. The first-order chi connectivity index (χ1) is 14.6. The van der Waals surface area contributed by atoms with Crippen molar-refractivity contribution in [1.82, 2.24) is 15.1 Å². The van der Waals surface area contributed by atoms with Crippen LogP contribution in [0.15, 0.2) is 42.5 Å². The molecule has 0 radical (unpaired) electrons. The molecule has 2 aromatic rings. The predicted molar refractivity (Wildman–Crippen MR) is 110 cm³/mol. The van der Waals surface area contributed by atoms with Crippen LogP contribution in [0, 0.1) is 0 Å². The third kappa shape index (κ3) is 4.49. The number of rotatable bonds is 6. The fourth-order valence-electron chi connectivity index (χ4n) is 3.65. The molecular formula is C22H25N3O5. The van der Waals surface area contributed by atoms with Gasteiger partial charge in [-0.3, -0.25) is 14.5 Å². The second-order valence-corrected chi connectivity index (χ2v) is 7.23. The molecule has 0 unspecified atom stereocenters. The van der Waals surface area contributed by atoms with Gasteiger partial charge in [0.2, 0.25) is 12.7 Å². The van der Waals surface area contributed by atoms with Gasteiger partial charge in [-0.15, -0.1) is 0 Å². The fraction of sp³-hybridized carbons (Fsp3) is 0.364. The van der Waals surface area contributed by atoms with Crippen LogP contribution in [-0.4, -0.2) is 68.2 Å². The molecule has 8 heteroatoms. The van der Waals surface area contributed by atoms with Gasteiger partial charge in [-0.1, -0.05) is 18.2 Å². The molecule has 2 amide bonds. The van der Waals surface area contributed by atoms with Gasteiger partial charge in [0.25, 0.3) is 5.91 Å². The van der Waals surface area contributed by atoms with Gasteiger partial charge in [0, 0.05) is 32.7 Å². The zero-order valence-corrected chi connectivity index (χ0v) is 16.9. The molecule has 1 fully saturated rings. The van der Waals surface area contributed by atoms with E-state index < -0.39 is 0 Å². The lowest BCUT2D eigenvalue weighted by Crippen LogP contribution is -2.50. The zero-order valence-electron chi connectivity index (χ0n) is 16.9. The molecule has 2 heterocycles. The summed E-state index contributed by atoms with van der Waals surface area (Å²) in [6, 6.07) is 12.9. The van der Waals surface area contributed by atoms with E-state index in [1.54, 1.807) is 29.2 Å². The summed E-state index contributed by atoms with van der Waals surface area (Å²) in [5.41, 5.74) is 1.57. The topological polar surface area (TPSA) is 80.3 Å².